The highest BCUT2D eigenvalue weighted by Crippen LogP contribution is 2.33. The van der Waals surface area contributed by atoms with Gasteiger partial charge in [0.25, 0.3) is 5.56 Å². The summed E-state index contributed by atoms with van der Waals surface area (Å²) in [5.41, 5.74) is -0.794. The number of halogens is 4. The van der Waals surface area contributed by atoms with Crippen LogP contribution in [0.25, 0.3) is 16.7 Å². The third-order valence-corrected chi connectivity index (χ3v) is 4.84. The van der Waals surface area contributed by atoms with E-state index in [4.69, 9.17) is 11.6 Å². The molecule has 3 heterocycles. The first-order chi connectivity index (χ1) is 13.3. The van der Waals surface area contributed by atoms with Crippen LogP contribution in [0.4, 0.5) is 19.1 Å². The minimum absolute atomic E-state index is 0.127. The first-order valence-corrected chi connectivity index (χ1v) is 9.03. The van der Waals surface area contributed by atoms with Crippen LogP contribution in [0.1, 0.15) is 12.0 Å². The SMILES string of the molecule is O=c1[nH]c(N2CCCNCC2)nc2nn(-c3ccc(C(F)(F)F)cc3Cl)cc12. The topological polar surface area (TPSA) is 78.8 Å². The van der Waals surface area contributed by atoms with Gasteiger partial charge < -0.3 is 10.2 Å². The zero-order chi connectivity index (χ0) is 19.9. The quantitative estimate of drug-likeness (QED) is 0.676. The molecule has 0 radical (unpaired) electrons. The second-order valence-corrected chi connectivity index (χ2v) is 6.86. The van der Waals surface area contributed by atoms with Crippen LogP contribution in [-0.2, 0) is 6.18 Å². The Morgan fingerprint density at radius 2 is 2.00 bits per heavy atom. The highest BCUT2D eigenvalue weighted by atomic mass is 35.5. The molecule has 0 atom stereocenters. The number of alkyl halides is 3. The Morgan fingerprint density at radius 3 is 2.75 bits per heavy atom. The zero-order valence-corrected chi connectivity index (χ0v) is 15.3. The number of benzene rings is 1. The van der Waals surface area contributed by atoms with Gasteiger partial charge in [-0.1, -0.05) is 11.6 Å². The van der Waals surface area contributed by atoms with E-state index in [1.54, 1.807) is 0 Å². The Bertz CT molecular complexity index is 1070. The molecule has 3 aromatic rings. The molecule has 148 valence electrons. The van der Waals surface area contributed by atoms with Crippen LogP contribution in [0, 0.1) is 0 Å². The summed E-state index contributed by atoms with van der Waals surface area (Å²) < 4.78 is 39.7. The second kappa shape index (κ2) is 7.10. The lowest BCUT2D eigenvalue weighted by molar-refractivity contribution is -0.137. The van der Waals surface area contributed by atoms with Gasteiger partial charge in [0.2, 0.25) is 5.95 Å². The van der Waals surface area contributed by atoms with Gasteiger partial charge in [0.05, 0.1) is 16.3 Å². The molecule has 1 aliphatic rings. The maximum Gasteiger partial charge on any atom is 0.416 e. The normalized spacial score (nSPS) is 15.8. The van der Waals surface area contributed by atoms with Crippen molar-refractivity contribution in [2.75, 3.05) is 31.1 Å². The van der Waals surface area contributed by atoms with Crippen LogP contribution < -0.4 is 15.8 Å². The van der Waals surface area contributed by atoms with Crippen molar-refractivity contribution < 1.29 is 13.2 Å². The predicted octanol–water partition coefficient (Wildman–Crippen LogP) is 2.58. The van der Waals surface area contributed by atoms with Crippen molar-refractivity contribution in [3.8, 4) is 5.69 Å². The fourth-order valence-corrected chi connectivity index (χ4v) is 3.37. The third-order valence-electron chi connectivity index (χ3n) is 4.54. The van der Waals surface area contributed by atoms with Crippen molar-refractivity contribution in [1.82, 2.24) is 25.1 Å². The van der Waals surface area contributed by atoms with E-state index in [1.165, 1.54) is 16.9 Å². The minimum atomic E-state index is -4.49. The van der Waals surface area contributed by atoms with E-state index in [9.17, 15) is 18.0 Å². The second-order valence-electron chi connectivity index (χ2n) is 6.46. The molecule has 11 heteroatoms. The largest absolute Gasteiger partial charge is 0.416 e. The molecular formula is C17H16ClF3N6O. The number of fused-ring (bicyclic) bond motifs is 1. The molecule has 4 rings (SSSR count). The monoisotopic (exact) mass is 412 g/mol. The maximum atomic E-state index is 12.8. The first-order valence-electron chi connectivity index (χ1n) is 8.65. The van der Waals surface area contributed by atoms with Gasteiger partial charge in [-0.2, -0.15) is 18.2 Å². The Hall–Kier alpha value is -2.59. The van der Waals surface area contributed by atoms with Crippen molar-refractivity contribution in [3.05, 3.63) is 45.3 Å². The van der Waals surface area contributed by atoms with Gasteiger partial charge >= 0.3 is 6.18 Å². The molecule has 2 aromatic heterocycles. The number of anilines is 1. The molecule has 0 spiro atoms. The van der Waals surface area contributed by atoms with E-state index < -0.39 is 11.7 Å². The standard InChI is InChI=1S/C17H16ClF3N6O/c18-12-8-10(17(19,20)21)2-3-13(12)27-9-11-14(25-27)23-16(24-15(11)28)26-6-1-4-22-5-7-26/h2-3,8-9,22H,1,4-7H2,(H,23,24,25,28). The summed E-state index contributed by atoms with van der Waals surface area (Å²) in [5, 5.41) is 7.63. The average Bonchev–Trinajstić information content (AvgIpc) is 2.88. The molecule has 0 bridgehead atoms. The molecule has 1 aromatic carbocycles. The highest BCUT2D eigenvalue weighted by molar-refractivity contribution is 6.32. The lowest BCUT2D eigenvalue weighted by Gasteiger charge is -2.19. The number of rotatable bonds is 2. The fraction of sp³-hybridized carbons (Fsp3) is 0.353. The van der Waals surface area contributed by atoms with Crippen molar-refractivity contribution in [2.24, 2.45) is 0 Å². The summed E-state index contributed by atoms with van der Waals surface area (Å²) in [6.45, 7) is 3.11. The Balaban J connectivity index is 1.74. The summed E-state index contributed by atoms with van der Waals surface area (Å²) in [7, 11) is 0. The van der Waals surface area contributed by atoms with E-state index in [2.05, 4.69) is 20.4 Å². The average molecular weight is 413 g/mol. The third kappa shape index (κ3) is 3.57. The molecule has 0 saturated carbocycles. The van der Waals surface area contributed by atoms with Crippen LogP contribution in [0.5, 0.6) is 0 Å². The number of aromatic nitrogens is 4. The minimum Gasteiger partial charge on any atom is -0.341 e. The summed E-state index contributed by atoms with van der Waals surface area (Å²) in [5.74, 6) is 0.421. The summed E-state index contributed by atoms with van der Waals surface area (Å²) in [6, 6.07) is 2.96. The molecule has 0 unspecified atom stereocenters. The van der Waals surface area contributed by atoms with E-state index in [1.807, 2.05) is 4.90 Å². The van der Waals surface area contributed by atoms with Gasteiger partial charge in [-0.05, 0) is 31.2 Å². The number of aromatic amines is 1. The van der Waals surface area contributed by atoms with E-state index >= 15 is 0 Å². The Morgan fingerprint density at radius 1 is 1.18 bits per heavy atom. The van der Waals surface area contributed by atoms with E-state index in [-0.39, 0.29) is 27.3 Å². The van der Waals surface area contributed by atoms with Gasteiger partial charge in [-0.3, -0.25) is 9.78 Å². The maximum absolute atomic E-state index is 12.8. The highest BCUT2D eigenvalue weighted by Gasteiger charge is 2.31. The lowest BCUT2D eigenvalue weighted by atomic mass is 10.2. The van der Waals surface area contributed by atoms with Crippen LogP contribution >= 0.6 is 11.6 Å². The molecule has 2 N–H and O–H groups in total. The van der Waals surface area contributed by atoms with E-state index in [0.29, 0.717) is 12.5 Å². The molecule has 1 aliphatic heterocycles. The van der Waals surface area contributed by atoms with Crippen molar-refractivity contribution in [3.63, 3.8) is 0 Å². The summed E-state index contributed by atoms with van der Waals surface area (Å²) in [6.07, 6.45) is -2.17. The molecule has 28 heavy (non-hydrogen) atoms. The lowest BCUT2D eigenvalue weighted by Crippen LogP contribution is -2.31. The first kappa shape index (κ1) is 18.8. The van der Waals surface area contributed by atoms with Gasteiger partial charge in [0, 0.05) is 25.8 Å². The predicted molar refractivity (Wildman–Crippen MR) is 99.2 cm³/mol. The molecule has 0 aliphatic carbocycles. The molecule has 7 nitrogen and oxygen atoms in total. The zero-order valence-electron chi connectivity index (χ0n) is 14.6. The van der Waals surface area contributed by atoms with Crippen molar-refractivity contribution >= 4 is 28.6 Å². The molecule has 0 amide bonds. The molecule has 1 fully saturated rings. The summed E-state index contributed by atoms with van der Waals surface area (Å²) >= 11 is 6.03. The molecular weight excluding hydrogens is 397 g/mol. The van der Waals surface area contributed by atoms with Gasteiger partial charge in [-0.15, -0.1) is 5.10 Å². The van der Waals surface area contributed by atoms with Gasteiger partial charge in [0.15, 0.2) is 5.65 Å². The van der Waals surface area contributed by atoms with Crippen molar-refractivity contribution in [2.45, 2.75) is 12.6 Å². The van der Waals surface area contributed by atoms with Crippen molar-refractivity contribution in [1.29, 1.82) is 0 Å². The number of hydrogen-bond acceptors (Lipinski definition) is 5. The Labute approximate surface area is 162 Å². The fourth-order valence-electron chi connectivity index (χ4n) is 3.10. The van der Waals surface area contributed by atoms with Crippen LogP contribution in [0.2, 0.25) is 5.02 Å². The number of nitrogens with zero attached hydrogens (tertiary/aromatic N) is 4. The van der Waals surface area contributed by atoms with Crippen LogP contribution in [0.3, 0.4) is 0 Å². The number of nitrogens with one attached hydrogen (secondary N) is 2. The smallest absolute Gasteiger partial charge is 0.341 e. The summed E-state index contributed by atoms with van der Waals surface area (Å²) in [4.78, 5) is 21.6. The van der Waals surface area contributed by atoms with Crippen LogP contribution in [0.15, 0.2) is 29.2 Å². The van der Waals surface area contributed by atoms with Gasteiger partial charge in [0.1, 0.15) is 5.39 Å². The van der Waals surface area contributed by atoms with Gasteiger partial charge in [-0.25, -0.2) is 4.68 Å². The van der Waals surface area contributed by atoms with Crippen LogP contribution in [-0.4, -0.2) is 45.9 Å². The number of H-pyrrole nitrogens is 1. The Kier molecular flexibility index (Phi) is 4.76. The number of hydrogen-bond donors (Lipinski definition) is 2. The molecule has 1 saturated heterocycles. The van der Waals surface area contributed by atoms with E-state index in [0.717, 1.165) is 38.2 Å².